The Hall–Kier alpha value is -3.92. The molecular formula is C31H33Cl2N7O2. The molecule has 0 radical (unpaired) electrons. The van der Waals surface area contributed by atoms with Crippen LogP contribution in [0.4, 0.5) is 22.2 Å². The summed E-state index contributed by atoms with van der Waals surface area (Å²) in [5.74, 6) is 0.643. The van der Waals surface area contributed by atoms with Gasteiger partial charge in [-0.1, -0.05) is 43.1 Å². The Balaban J connectivity index is 1.58. The van der Waals surface area contributed by atoms with Gasteiger partial charge in [-0.15, -0.1) is 0 Å². The van der Waals surface area contributed by atoms with E-state index in [1.54, 1.807) is 36.9 Å². The van der Waals surface area contributed by atoms with Crippen molar-refractivity contribution in [1.82, 2.24) is 25.2 Å². The topological polar surface area (TPSA) is 108 Å². The van der Waals surface area contributed by atoms with Crippen molar-refractivity contribution < 1.29 is 9.21 Å². The van der Waals surface area contributed by atoms with Gasteiger partial charge in [0, 0.05) is 45.9 Å². The van der Waals surface area contributed by atoms with Crippen LogP contribution in [0.5, 0.6) is 0 Å². The quantitative estimate of drug-likeness (QED) is 0.163. The molecule has 42 heavy (non-hydrogen) atoms. The van der Waals surface area contributed by atoms with E-state index < -0.39 is 11.6 Å². The maximum Gasteiger partial charge on any atom is 0.320 e. The molecule has 5 rings (SSSR count). The predicted octanol–water partition coefficient (Wildman–Crippen LogP) is 8.20. The number of nitrogens with one attached hydrogen (secondary N) is 3. The second-order valence-corrected chi connectivity index (χ2v) is 11.8. The normalized spacial score (nSPS) is 11.8. The Morgan fingerprint density at radius 3 is 2.45 bits per heavy atom. The molecule has 1 aromatic carbocycles. The zero-order chi connectivity index (χ0) is 30.0. The lowest BCUT2D eigenvalue weighted by Gasteiger charge is -2.21. The second kappa shape index (κ2) is 12.1. The first-order chi connectivity index (χ1) is 20.1. The summed E-state index contributed by atoms with van der Waals surface area (Å²) in [4.78, 5) is 29.3. The van der Waals surface area contributed by atoms with Gasteiger partial charge < -0.3 is 15.1 Å². The van der Waals surface area contributed by atoms with Gasteiger partial charge in [0.1, 0.15) is 5.82 Å². The Labute approximate surface area is 255 Å². The molecule has 9 nitrogen and oxygen atoms in total. The van der Waals surface area contributed by atoms with Crippen molar-refractivity contribution in [3.63, 3.8) is 0 Å². The van der Waals surface area contributed by atoms with Gasteiger partial charge in [-0.05, 0) is 69.8 Å². The van der Waals surface area contributed by atoms with Crippen LogP contribution < -0.4 is 16.0 Å². The average Bonchev–Trinajstić information content (AvgIpc) is 3.27. The summed E-state index contributed by atoms with van der Waals surface area (Å²) < 4.78 is 5.42. The van der Waals surface area contributed by atoms with Crippen molar-refractivity contribution in [2.75, 3.05) is 23.7 Å². The summed E-state index contributed by atoms with van der Waals surface area (Å²) in [5, 5.41) is 10.7. The van der Waals surface area contributed by atoms with Gasteiger partial charge in [0.25, 0.3) is 0 Å². The van der Waals surface area contributed by atoms with E-state index in [9.17, 15) is 4.79 Å². The third-order valence-corrected chi connectivity index (χ3v) is 7.42. The van der Waals surface area contributed by atoms with Gasteiger partial charge >= 0.3 is 6.03 Å². The van der Waals surface area contributed by atoms with E-state index in [0.717, 1.165) is 42.0 Å². The minimum atomic E-state index is -0.458. The first kappa shape index (κ1) is 29.6. The van der Waals surface area contributed by atoms with E-state index in [-0.39, 0.29) is 5.82 Å². The highest BCUT2D eigenvalue weighted by molar-refractivity contribution is 6.39. The molecule has 0 unspecified atom stereocenters. The number of nitrogens with zero attached hydrogens (tertiary/aromatic N) is 4. The predicted molar refractivity (Wildman–Crippen MR) is 170 cm³/mol. The SMILES string of the molecule is CCN(CC)Cc1cc2coccc-2c1Nc1ncc2cc(-c3c(Cl)cccc3Cl)c(NC(=O)NC(C)(C)C)nc2n1. The number of hydrogen-bond acceptors (Lipinski definition) is 7. The monoisotopic (exact) mass is 605 g/mol. The van der Waals surface area contributed by atoms with Crippen LogP contribution in [0.25, 0.3) is 33.3 Å². The number of hydrogen-bond donors (Lipinski definition) is 3. The molecule has 0 bridgehead atoms. The van der Waals surface area contributed by atoms with Crippen LogP contribution in [-0.4, -0.2) is 44.5 Å². The Bertz CT molecular complexity index is 1690. The molecule has 3 aromatic rings. The lowest BCUT2D eigenvalue weighted by molar-refractivity contribution is 0.243. The lowest BCUT2D eigenvalue weighted by Crippen LogP contribution is -2.43. The highest BCUT2D eigenvalue weighted by atomic mass is 35.5. The Morgan fingerprint density at radius 2 is 1.76 bits per heavy atom. The van der Waals surface area contributed by atoms with Crippen LogP contribution >= 0.6 is 23.2 Å². The molecule has 0 saturated carbocycles. The summed E-state index contributed by atoms with van der Waals surface area (Å²) >= 11 is 13.1. The van der Waals surface area contributed by atoms with E-state index >= 15 is 0 Å². The molecule has 0 spiro atoms. The van der Waals surface area contributed by atoms with Gasteiger partial charge in [0.2, 0.25) is 5.95 Å². The molecular weight excluding hydrogens is 573 g/mol. The second-order valence-electron chi connectivity index (χ2n) is 11.0. The fourth-order valence-electron chi connectivity index (χ4n) is 4.77. The number of carbonyl (C=O) groups excluding carboxylic acids is 1. The maximum absolute atomic E-state index is 12.9. The number of rotatable bonds is 8. The smallest absolute Gasteiger partial charge is 0.320 e. The fraction of sp³-hybridized carbons (Fsp3) is 0.290. The number of benzene rings is 1. The molecule has 11 heteroatoms. The fourth-order valence-corrected chi connectivity index (χ4v) is 5.37. The van der Waals surface area contributed by atoms with E-state index in [1.165, 1.54) is 0 Å². The summed E-state index contributed by atoms with van der Waals surface area (Å²) in [6, 6.07) is 10.7. The van der Waals surface area contributed by atoms with Crippen molar-refractivity contribution >= 4 is 57.7 Å². The molecule has 3 N–H and O–H groups in total. The van der Waals surface area contributed by atoms with E-state index in [1.807, 2.05) is 32.9 Å². The van der Waals surface area contributed by atoms with Gasteiger partial charge in [0.05, 0.1) is 28.3 Å². The third-order valence-electron chi connectivity index (χ3n) is 6.79. The highest BCUT2D eigenvalue weighted by Gasteiger charge is 2.22. The van der Waals surface area contributed by atoms with Gasteiger partial charge in [-0.25, -0.2) is 14.8 Å². The molecule has 0 atom stereocenters. The molecule has 0 saturated heterocycles. The van der Waals surface area contributed by atoms with Gasteiger partial charge in [-0.3, -0.25) is 10.2 Å². The first-order valence-corrected chi connectivity index (χ1v) is 14.5. The van der Waals surface area contributed by atoms with E-state index in [0.29, 0.717) is 38.2 Å². The standard InChI is InChI=1S/C31H33Cl2N7O2/c1-6-40(7-2)16-19-13-20-17-42-12-11-21(20)26(19)35-29-34-15-18-14-22(25-23(32)9-8-10-24(25)33)28(36-27(18)37-29)38-30(41)39-31(3,4)5/h8-15,17H,6-7,16H2,1-5H3,(H3,34,35,36,37,38,39,41). The molecule has 2 aromatic heterocycles. The van der Waals surface area contributed by atoms with Crippen molar-refractivity contribution in [3.05, 3.63) is 70.7 Å². The van der Waals surface area contributed by atoms with Crippen LogP contribution in [0.2, 0.25) is 10.0 Å². The van der Waals surface area contributed by atoms with Gasteiger partial charge in [0.15, 0.2) is 5.65 Å². The van der Waals surface area contributed by atoms with Gasteiger partial charge in [-0.2, -0.15) is 4.98 Å². The first-order valence-electron chi connectivity index (χ1n) is 13.7. The zero-order valence-electron chi connectivity index (χ0n) is 24.2. The van der Waals surface area contributed by atoms with Crippen molar-refractivity contribution in [1.29, 1.82) is 0 Å². The number of anilines is 3. The minimum Gasteiger partial charge on any atom is -0.472 e. The third kappa shape index (κ3) is 6.43. The number of halogens is 2. The molecule has 1 aliphatic carbocycles. The molecule has 1 aliphatic heterocycles. The summed E-state index contributed by atoms with van der Waals surface area (Å²) in [7, 11) is 0. The van der Waals surface area contributed by atoms with Crippen LogP contribution in [0.15, 0.2) is 59.5 Å². The molecule has 3 heterocycles. The Kier molecular flexibility index (Phi) is 8.54. The molecule has 218 valence electrons. The molecule has 2 aliphatic rings. The summed E-state index contributed by atoms with van der Waals surface area (Å²) in [5.41, 5.74) is 5.05. The van der Waals surface area contributed by atoms with Crippen LogP contribution in [0.3, 0.4) is 0 Å². The summed E-state index contributed by atoms with van der Waals surface area (Å²) in [6.07, 6.45) is 5.08. The van der Waals surface area contributed by atoms with Crippen LogP contribution in [0, 0.1) is 0 Å². The highest BCUT2D eigenvalue weighted by Crippen LogP contribution is 2.40. The lowest BCUT2D eigenvalue weighted by atomic mass is 10.0. The van der Waals surface area contributed by atoms with E-state index in [4.69, 9.17) is 37.6 Å². The number of fused-ring (bicyclic) bond motifs is 2. The number of aromatic nitrogens is 3. The number of carbonyl (C=O) groups is 1. The van der Waals surface area contributed by atoms with Crippen molar-refractivity contribution in [2.24, 2.45) is 0 Å². The van der Waals surface area contributed by atoms with Crippen LogP contribution in [0.1, 0.15) is 40.2 Å². The summed E-state index contributed by atoms with van der Waals surface area (Å²) in [6.45, 7) is 12.6. The minimum absolute atomic E-state index is 0.270. The largest absolute Gasteiger partial charge is 0.472 e. The number of amides is 2. The van der Waals surface area contributed by atoms with E-state index in [2.05, 4.69) is 45.7 Å². The molecule has 2 amide bonds. The zero-order valence-corrected chi connectivity index (χ0v) is 25.7. The number of pyridine rings is 1. The molecule has 0 fully saturated rings. The Morgan fingerprint density at radius 1 is 1.02 bits per heavy atom. The average molecular weight is 607 g/mol. The van der Waals surface area contributed by atoms with Crippen molar-refractivity contribution in [2.45, 2.75) is 46.7 Å². The maximum atomic E-state index is 12.9. The van der Waals surface area contributed by atoms with Crippen molar-refractivity contribution in [3.8, 4) is 22.3 Å². The van der Waals surface area contributed by atoms with Crippen LogP contribution in [-0.2, 0) is 6.54 Å². The number of urea groups is 1.